The zero-order valence-electron chi connectivity index (χ0n) is 10.3. The van der Waals surface area contributed by atoms with Crippen molar-refractivity contribution in [1.29, 1.82) is 0 Å². The molecule has 0 aromatic rings. The molecule has 14 heavy (non-hydrogen) atoms. The Hall–Kier alpha value is -0.0800. The molecule has 0 spiro atoms. The summed E-state index contributed by atoms with van der Waals surface area (Å²) in [4.78, 5) is 0. The van der Waals surface area contributed by atoms with Crippen LogP contribution >= 0.6 is 0 Å². The molecule has 2 heteroatoms. The SMILES string of the molecule is CCCC(C)(N)CCOCCC(C)C. The largest absolute Gasteiger partial charge is 0.381 e. The highest BCUT2D eigenvalue weighted by Crippen LogP contribution is 2.13. The van der Waals surface area contributed by atoms with Gasteiger partial charge in [0.1, 0.15) is 0 Å². The molecule has 1 atom stereocenters. The molecule has 0 rings (SSSR count). The fraction of sp³-hybridized carbons (Fsp3) is 1.00. The minimum absolute atomic E-state index is 0.0351. The highest BCUT2D eigenvalue weighted by Gasteiger charge is 2.16. The van der Waals surface area contributed by atoms with Crippen LogP contribution in [0.1, 0.15) is 53.4 Å². The summed E-state index contributed by atoms with van der Waals surface area (Å²) in [5.74, 6) is 0.731. The lowest BCUT2D eigenvalue weighted by Crippen LogP contribution is -2.37. The van der Waals surface area contributed by atoms with Gasteiger partial charge in [-0.25, -0.2) is 0 Å². The van der Waals surface area contributed by atoms with Gasteiger partial charge in [0.25, 0.3) is 0 Å². The van der Waals surface area contributed by atoms with Gasteiger partial charge in [-0.1, -0.05) is 27.2 Å². The van der Waals surface area contributed by atoms with Crippen LogP contribution in [-0.2, 0) is 4.74 Å². The quantitative estimate of drug-likeness (QED) is 0.613. The first-order chi connectivity index (χ1) is 6.48. The molecule has 0 amide bonds. The molecular weight excluding hydrogens is 174 g/mol. The van der Waals surface area contributed by atoms with Gasteiger partial charge in [-0.3, -0.25) is 0 Å². The second-order valence-corrected chi connectivity index (χ2v) is 4.95. The highest BCUT2D eigenvalue weighted by molar-refractivity contribution is 4.77. The Balaban J connectivity index is 3.34. The summed E-state index contributed by atoms with van der Waals surface area (Å²) in [6, 6.07) is 0. The van der Waals surface area contributed by atoms with Crippen LogP contribution in [0.3, 0.4) is 0 Å². The Morgan fingerprint density at radius 2 is 1.86 bits per heavy atom. The van der Waals surface area contributed by atoms with Gasteiger partial charge in [0.2, 0.25) is 0 Å². The maximum atomic E-state index is 6.09. The van der Waals surface area contributed by atoms with Crippen LogP contribution in [0.5, 0.6) is 0 Å². The van der Waals surface area contributed by atoms with Gasteiger partial charge in [0.05, 0.1) is 0 Å². The zero-order valence-corrected chi connectivity index (χ0v) is 10.3. The topological polar surface area (TPSA) is 35.2 Å². The number of hydrogen-bond acceptors (Lipinski definition) is 2. The Morgan fingerprint density at radius 3 is 2.36 bits per heavy atom. The summed E-state index contributed by atoms with van der Waals surface area (Å²) in [7, 11) is 0. The summed E-state index contributed by atoms with van der Waals surface area (Å²) in [5, 5.41) is 0. The van der Waals surface area contributed by atoms with Crippen molar-refractivity contribution >= 4 is 0 Å². The van der Waals surface area contributed by atoms with Crippen LogP contribution in [0.2, 0.25) is 0 Å². The molecule has 0 bridgehead atoms. The van der Waals surface area contributed by atoms with E-state index in [1.807, 2.05) is 0 Å². The molecular formula is C12H27NO. The molecule has 0 heterocycles. The Labute approximate surface area is 89.2 Å². The van der Waals surface area contributed by atoms with Crippen molar-refractivity contribution in [2.45, 2.75) is 58.9 Å². The first kappa shape index (κ1) is 13.9. The van der Waals surface area contributed by atoms with E-state index < -0.39 is 0 Å². The van der Waals surface area contributed by atoms with Crippen molar-refractivity contribution in [2.24, 2.45) is 11.7 Å². The van der Waals surface area contributed by atoms with E-state index in [0.29, 0.717) is 0 Å². The molecule has 0 radical (unpaired) electrons. The van der Waals surface area contributed by atoms with Gasteiger partial charge in [0.15, 0.2) is 0 Å². The number of ether oxygens (including phenoxy) is 1. The molecule has 0 aliphatic heterocycles. The van der Waals surface area contributed by atoms with Crippen LogP contribution in [-0.4, -0.2) is 18.8 Å². The zero-order chi connectivity index (χ0) is 11.0. The van der Waals surface area contributed by atoms with E-state index >= 15 is 0 Å². The monoisotopic (exact) mass is 201 g/mol. The summed E-state index contributed by atoms with van der Waals surface area (Å²) < 4.78 is 5.55. The van der Waals surface area contributed by atoms with Crippen molar-refractivity contribution < 1.29 is 4.74 Å². The van der Waals surface area contributed by atoms with Gasteiger partial charge in [-0.15, -0.1) is 0 Å². The molecule has 1 unspecified atom stereocenters. The minimum atomic E-state index is -0.0351. The number of rotatable bonds is 8. The second kappa shape index (κ2) is 7.24. The molecule has 0 aliphatic carbocycles. The lowest BCUT2D eigenvalue weighted by Gasteiger charge is -2.23. The molecule has 0 saturated heterocycles. The van der Waals surface area contributed by atoms with Gasteiger partial charge in [0, 0.05) is 18.8 Å². The summed E-state index contributed by atoms with van der Waals surface area (Å²) in [6.07, 6.45) is 4.35. The summed E-state index contributed by atoms with van der Waals surface area (Å²) in [6.45, 7) is 10.4. The Bertz CT molecular complexity index is 132. The number of nitrogens with two attached hydrogens (primary N) is 1. The van der Waals surface area contributed by atoms with Crippen LogP contribution in [0, 0.1) is 5.92 Å². The van der Waals surface area contributed by atoms with Crippen molar-refractivity contribution in [3.8, 4) is 0 Å². The third kappa shape index (κ3) is 8.52. The van der Waals surface area contributed by atoms with Crippen molar-refractivity contribution in [3.05, 3.63) is 0 Å². The summed E-state index contributed by atoms with van der Waals surface area (Å²) in [5.41, 5.74) is 6.05. The van der Waals surface area contributed by atoms with E-state index in [-0.39, 0.29) is 5.54 Å². The van der Waals surface area contributed by atoms with Crippen LogP contribution < -0.4 is 5.73 Å². The lowest BCUT2D eigenvalue weighted by molar-refractivity contribution is 0.106. The maximum Gasteiger partial charge on any atom is 0.0483 e. The molecule has 86 valence electrons. The molecule has 0 aromatic carbocycles. The van der Waals surface area contributed by atoms with Gasteiger partial charge >= 0.3 is 0 Å². The third-order valence-electron chi connectivity index (χ3n) is 2.48. The fourth-order valence-electron chi connectivity index (χ4n) is 1.42. The molecule has 2 nitrogen and oxygen atoms in total. The molecule has 0 fully saturated rings. The second-order valence-electron chi connectivity index (χ2n) is 4.95. The van der Waals surface area contributed by atoms with E-state index in [9.17, 15) is 0 Å². The van der Waals surface area contributed by atoms with Crippen molar-refractivity contribution in [3.63, 3.8) is 0 Å². The normalized spacial score (nSPS) is 15.9. The predicted octanol–water partition coefficient (Wildman–Crippen LogP) is 2.96. The smallest absolute Gasteiger partial charge is 0.0483 e. The summed E-state index contributed by atoms with van der Waals surface area (Å²) >= 11 is 0. The molecule has 0 aromatic heterocycles. The molecule has 0 saturated carbocycles. The van der Waals surface area contributed by atoms with E-state index in [2.05, 4.69) is 27.7 Å². The van der Waals surface area contributed by atoms with Gasteiger partial charge < -0.3 is 10.5 Å². The van der Waals surface area contributed by atoms with E-state index in [4.69, 9.17) is 10.5 Å². The van der Waals surface area contributed by atoms with E-state index in [0.717, 1.165) is 44.8 Å². The average molecular weight is 201 g/mol. The maximum absolute atomic E-state index is 6.09. The molecule has 0 aliphatic rings. The van der Waals surface area contributed by atoms with Gasteiger partial charge in [-0.05, 0) is 32.1 Å². The standard InChI is InChI=1S/C12H27NO/c1-5-7-12(4,13)8-10-14-9-6-11(2)3/h11H,5-10,13H2,1-4H3. The first-order valence-electron chi connectivity index (χ1n) is 5.84. The highest BCUT2D eigenvalue weighted by atomic mass is 16.5. The van der Waals surface area contributed by atoms with Crippen LogP contribution in [0.15, 0.2) is 0 Å². The fourth-order valence-corrected chi connectivity index (χ4v) is 1.42. The van der Waals surface area contributed by atoms with E-state index in [1.165, 1.54) is 0 Å². The minimum Gasteiger partial charge on any atom is -0.381 e. The van der Waals surface area contributed by atoms with Crippen molar-refractivity contribution in [1.82, 2.24) is 0 Å². The lowest BCUT2D eigenvalue weighted by atomic mass is 9.94. The van der Waals surface area contributed by atoms with Gasteiger partial charge in [-0.2, -0.15) is 0 Å². The van der Waals surface area contributed by atoms with Crippen molar-refractivity contribution in [2.75, 3.05) is 13.2 Å². The van der Waals surface area contributed by atoms with E-state index in [1.54, 1.807) is 0 Å². The first-order valence-corrected chi connectivity index (χ1v) is 5.84. The predicted molar refractivity (Wildman–Crippen MR) is 62.4 cm³/mol. The third-order valence-corrected chi connectivity index (χ3v) is 2.48. The Kier molecular flexibility index (Phi) is 7.20. The average Bonchev–Trinajstić information content (AvgIpc) is 2.02. The molecule has 2 N–H and O–H groups in total. The van der Waals surface area contributed by atoms with Crippen LogP contribution in [0.25, 0.3) is 0 Å². The number of hydrogen-bond donors (Lipinski definition) is 1. The Morgan fingerprint density at radius 1 is 1.21 bits per heavy atom. The van der Waals surface area contributed by atoms with Crippen LogP contribution in [0.4, 0.5) is 0 Å².